The van der Waals surface area contributed by atoms with E-state index >= 15 is 0 Å². The quantitative estimate of drug-likeness (QED) is 0.486. The lowest BCUT2D eigenvalue weighted by atomic mass is 9.99. The predicted molar refractivity (Wildman–Crippen MR) is 115 cm³/mol. The number of nitrogens with zero attached hydrogens (tertiary/aromatic N) is 2. The van der Waals surface area contributed by atoms with Crippen molar-refractivity contribution in [1.29, 1.82) is 0 Å². The van der Waals surface area contributed by atoms with Gasteiger partial charge < -0.3 is 5.11 Å². The number of carboxylic acids is 1. The van der Waals surface area contributed by atoms with E-state index in [2.05, 4.69) is 17.1 Å². The van der Waals surface area contributed by atoms with E-state index in [-0.39, 0.29) is 5.56 Å². The zero-order chi connectivity index (χ0) is 20.4. The van der Waals surface area contributed by atoms with Gasteiger partial charge in [0, 0.05) is 11.8 Å². The molecule has 0 amide bonds. The third kappa shape index (κ3) is 4.06. The van der Waals surface area contributed by atoms with E-state index in [0.717, 1.165) is 39.3 Å². The van der Waals surface area contributed by atoms with Crippen molar-refractivity contribution in [1.82, 2.24) is 9.97 Å². The number of aryl methyl sites for hydroxylation is 2. The summed E-state index contributed by atoms with van der Waals surface area (Å²) in [5.74, 6) is -0.944. The summed E-state index contributed by atoms with van der Waals surface area (Å²) < 4.78 is 0. The van der Waals surface area contributed by atoms with Crippen molar-refractivity contribution in [2.24, 2.45) is 0 Å². The van der Waals surface area contributed by atoms with E-state index in [4.69, 9.17) is 4.98 Å². The van der Waals surface area contributed by atoms with Gasteiger partial charge in [0.1, 0.15) is 0 Å². The van der Waals surface area contributed by atoms with Crippen molar-refractivity contribution >= 4 is 5.97 Å². The van der Waals surface area contributed by atoms with Crippen molar-refractivity contribution in [2.45, 2.75) is 13.8 Å². The maximum atomic E-state index is 11.4. The molecule has 0 saturated heterocycles. The molecule has 2 aromatic carbocycles. The average Bonchev–Trinajstić information content (AvgIpc) is 2.74. The molecule has 4 nitrogen and oxygen atoms in total. The lowest BCUT2D eigenvalue weighted by molar-refractivity contribution is 0.0697. The minimum atomic E-state index is -0.944. The molecule has 0 fully saturated rings. The monoisotopic (exact) mass is 380 g/mol. The highest BCUT2D eigenvalue weighted by molar-refractivity contribution is 5.89. The van der Waals surface area contributed by atoms with Crippen LogP contribution in [-0.2, 0) is 0 Å². The van der Waals surface area contributed by atoms with Crippen molar-refractivity contribution in [3.8, 4) is 33.8 Å². The Morgan fingerprint density at radius 1 is 0.724 bits per heavy atom. The standard InChI is InChI=1S/C25H20N2O2/c1-16-6-9-18(10-7-16)23-13-21(19-4-3-5-20(12-19)25(28)29)14-24(27-23)22-11-8-17(2)15-26-22/h3-15H,1-2H3,(H,28,29). The van der Waals surface area contributed by atoms with Crippen molar-refractivity contribution in [3.05, 3.63) is 95.7 Å². The van der Waals surface area contributed by atoms with E-state index in [0.29, 0.717) is 0 Å². The van der Waals surface area contributed by atoms with Gasteiger partial charge in [-0.3, -0.25) is 4.98 Å². The van der Waals surface area contributed by atoms with Crippen LogP contribution in [0.25, 0.3) is 33.8 Å². The number of aromatic nitrogens is 2. The van der Waals surface area contributed by atoms with Crippen molar-refractivity contribution in [3.63, 3.8) is 0 Å². The molecule has 0 radical (unpaired) electrons. The largest absolute Gasteiger partial charge is 0.478 e. The molecule has 0 aliphatic heterocycles. The summed E-state index contributed by atoms with van der Waals surface area (Å²) in [5.41, 5.74) is 7.59. The zero-order valence-corrected chi connectivity index (χ0v) is 16.3. The normalized spacial score (nSPS) is 10.7. The molecule has 2 heterocycles. The third-order valence-corrected chi connectivity index (χ3v) is 4.79. The number of hydrogen-bond acceptors (Lipinski definition) is 3. The summed E-state index contributed by atoms with van der Waals surface area (Å²) in [7, 11) is 0. The Morgan fingerprint density at radius 2 is 1.45 bits per heavy atom. The van der Waals surface area contributed by atoms with Gasteiger partial charge in [0.2, 0.25) is 0 Å². The molecular formula is C25H20N2O2. The molecule has 0 aliphatic carbocycles. The van der Waals surface area contributed by atoms with Crippen LogP contribution >= 0.6 is 0 Å². The van der Waals surface area contributed by atoms with Gasteiger partial charge in [0.25, 0.3) is 0 Å². The second-order valence-electron chi connectivity index (χ2n) is 7.10. The van der Waals surface area contributed by atoms with Crippen LogP contribution in [0.4, 0.5) is 0 Å². The third-order valence-electron chi connectivity index (χ3n) is 4.79. The number of hydrogen-bond donors (Lipinski definition) is 1. The molecule has 29 heavy (non-hydrogen) atoms. The SMILES string of the molecule is Cc1ccc(-c2cc(-c3cccc(C(=O)O)c3)cc(-c3ccc(C)cn3)n2)cc1. The molecule has 0 spiro atoms. The fourth-order valence-electron chi connectivity index (χ4n) is 3.15. The van der Waals surface area contributed by atoms with E-state index in [1.165, 1.54) is 5.56 Å². The van der Waals surface area contributed by atoms with Crippen LogP contribution in [0.2, 0.25) is 0 Å². The van der Waals surface area contributed by atoms with Crippen molar-refractivity contribution in [2.75, 3.05) is 0 Å². The molecule has 142 valence electrons. The topological polar surface area (TPSA) is 63.1 Å². The lowest BCUT2D eigenvalue weighted by Crippen LogP contribution is -1.97. The van der Waals surface area contributed by atoms with E-state index in [1.54, 1.807) is 18.2 Å². The van der Waals surface area contributed by atoms with Crippen LogP contribution in [0.3, 0.4) is 0 Å². The molecule has 4 rings (SSSR count). The molecule has 0 atom stereocenters. The first-order chi connectivity index (χ1) is 14.0. The summed E-state index contributed by atoms with van der Waals surface area (Å²) in [6, 6.07) is 23.0. The minimum absolute atomic E-state index is 0.256. The highest BCUT2D eigenvalue weighted by Gasteiger charge is 2.11. The van der Waals surface area contributed by atoms with Gasteiger partial charge in [-0.15, -0.1) is 0 Å². The number of rotatable bonds is 4. The van der Waals surface area contributed by atoms with Crippen LogP contribution in [0.1, 0.15) is 21.5 Å². The molecule has 0 saturated carbocycles. The lowest BCUT2D eigenvalue weighted by Gasteiger charge is -2.11. The molecule has 1 N–H and O–H groups in total. The number of benzene rings is 2. The van der Waals surface area contributed by atoms with Gasteiger partial charge >= 0.3 is 5.97 Å². The summed E-state index contributed by atoms with van der Waals surface area (Å²) in [6.07, 6.45) is 1.82. The highest BCUT2D eigenvalue weighted by atomic mass is 16.4. The number of carboxylic acid groups (broad SMARTS) is 1. The number of aromatic carboxylic acids is 1. The Balaban J connectivity index is 1.90. The predicted octanol–water partition coefficient (Wildman–Crippen LogP) is 5.79. The Labute approximate surface area is 169 Å². The van der Waals surface area contributed by atoms with Gasteiger partial charge in [-0.1, -0.05) is 48.0 Å². The number of carbonyl (C=O) groups is 1. The Kier molecular flexibility index (Phi) is 4.92. The fraction of sp³-hybridized carbons (Fsp3) is 0.0800. The van der Waals surface area contributed by atoms with Gasteiger partial charge in [-0.2, -0.15) is 0 Å². The molecule has 0 aliphatic rings. The first kappa shape index (κ1) is 18.6. The van der Waals surface area contributed by atoms with Gasteiger partial charge in [-0.05, 0) is 60.9 Å². The maximum absolute atomic E-state index is 11.4. The summed E-state index contributed by atoms with van der Waals surface area (Å²) in [4.78, 5) is 20.8. The maximum Gasteiger partial charge on any atom is 0.335 e. The number of pyridine rings is 2. The summed E-state index contributed by atoms with van der Waals surface area (Å²) in [6.45, 7) is 4.04. The molecule has 0 unspecified atom stereocenters. The molecular weight excluding hydrogens is 360 g/mol. The minimum Gasteiger partial charge on any atom is -0.478 e. The molecule has 4 aromatic rings. The Morgan fingerprint density at radius 3 is 2.14 bits per heavy atom. The van der Waals surface area contributed by atoms with E-state index in [9.17, 15) is 9.90 Å². The van der Waals surface area contributed by atoms with Gasteiger partial charge in [-0.25, -0.2) is 9.78 Å². The highest BCUT2D eigenvalue weighted by Crippen LogP contribution is 2.30. The summed E-state index contributed by atoms with van der Waals surface area (Å²) in [5, 5.41) is 9.35. The van der Waals surface area contributed by atoms with Crippen LogP contribution in [-0.4, -0.2) is 21.0 Å². The average molecular weight is 380 g/mol. The molecule has 0 bridgehead atoms. The summed E-state index contributed by atoms with van der Waals surface area (Å²) >= 11 is 0. The molecule has 2 aromatic heterocycles. The smallest absolute Gasteiger partial charge is 0.335 e. The Hall–Kier alpha value is -3.79. The van der Waals surface area contributed by atoms with Gasteiger partial charge in [0.05, 0.1) is 22.6 Å². The van der Waals surface area contributed by atoms with E-state index < -0.39 is 5.97 Å². The molecule has 4 heteroatoms. The second-order valence-corrected chi connectivity index (χ2v) is 7.10. The van der Waals surface area contributed by atoms with E-state index in [1.807, 2.05) is 62.5 Å². The van der Waals surface area contributed by atoms with Crippen LogP contribution in [0.5, 0.6) is 0 Å². The fourth-order valence-corrected chi connectivity index (χ4v) is 3.15. The zero-order valence-electron chi connectivity index (χ0n) is 16.3. The van der Waals surface area contributed by atoms with Crippen LogP contribution in [0, 0.1) is 13.8 Å². The van der Waals surface area contributed by atoms with Crippen LogP contribution < -0.4 is 0 Å². The van der Waals surface area contributed by atoms with Crippen molar-refractivity contribution < 1.29 is 9.90 Å². The Bertz CT molecular complexity index is 1120. The van der Waals surface area contributed by atoms with Crippen LogP contribution in [0.15, 0.2) is 79.0 Å². The first-order valence-corrected chi connectivity index (χ1v) is 9.35. The van der Waals surface area contributed by atoms with Gasteiger partial charge in [0.15, 0.2) is 0 Å². The first-order valence-electron chi connectivity index (χ1n) is 9.35. The second kappa shape index (κ2) is 7.68.